The van der Waals surface area contributed by atoms with Gasteiger partial charge in [0.15, 0.2) is 0 Å². The Morgan fingerprint density at radius 3 is 2.75 bits per heavy atom. The lowest BCUT2D eigenvalue weighted by Crippen LogP contribution is -2.24. The van der Waals surface area contributed by atoms with E-state index in [0.717, 1.165) is 5.56 Å². The molecule has 0 aliphatic heterocycles. The molecule has 0 saturated carbocycles. The third-order valence-corrected chi connectivity index (χ3v) is 5.61. The summed E-state index contributed by atoms with van der Waals surface area (Å²) in [6, 6.07) is 5.20. The van der Waals surface area contributed by atoms with E-state index < -0.39 is 10.0 Å². The molecule has 0 unspecified atom stereocenters. The van der Waals surface area contributed by atoms with Gasteiger partial charge in [0.05, 0.1) is 23.7 Å². The zero-order valence-electron chi connectivity index (χ0n) is 11.3. The van der Waals surface area contributed by atoms with Crippen LogP contribution in [0.3, 0.4) is 0 Å². The maximum absolute atomic E-state index is 12.3. The lowest BCUT2D eigenvalue weighted by molar-refractivity contribution is 0.285. The van der Waals surface area contributed by atoms with Crippen LogP contribution in [-0.2, 0) is 23.2 Å². The van der Waals surface area contributed by atoms with E-state index in [-0.39, 0.29) is 18.0 Å². The third kappa shape index (κ3) is 3.24. The van der Waals surface area contributed by atoms with Crippen molar-refractivity contribution in [2.24, 2.45) is 0 Å². The summed E-state index contributed by atoms with van der Waals surface area (Å²) >= 11 is 1.28. The number of aromatic nitrogens is 1. The van der Waals surface area contributed by atoms with Crippen molar-refractivity contribution in [3.05, 3.63) is 45.4 Å². The van der Waals surface area contributed by atoms with Crippen LogP contribution in [0.2, 0.25) is 0 Å². The molecule has 0 amide bonds. The molecule has 0 fully saturated rings. The first-order valence-electron chi connectivity index (χ1n) is 6.04. The quantitative estimate of drug-likeness (QED) is 0.881. The van der Waals surface area contributed by atoms with E-state index in [1.165, 1.54) is 17.4 Å². The van der Waals surface area contributed by atoms with Gasteiger partial charge in [-0.2, -0.15) is 0 Å². The maximum Gasteiger partial charge on any atom is 0.242 e. The van der Waals surface area contributed by atoms with Crippen LogP contribution in [0, 0.1) is 13.8 Å². The minimum Gasteiger partial charge on any atom is -0.391 e. The second-order valence-electron chi connectivity index (χ2n) is 4.38. The summed E-state index contributed by atoms with van der Waals surface area (Å²) in [7, 11) is -3.59. The number of aryl methyl sites for hydroxylation is 2. The minimum absolute atomic E-state index is 0.152. The van der Waals surface area contributed by atoms with Gasteiger partial charge in [0.2, 0.25) is 10.0 Å². The number of pyridine rings is 1. The van der Waals surface area contributed by atoms with Gasteiger partial charge in [-0.05, 0) is 31.5 Å². The topological polar surface area (TPSA) is 79.3 Å². The highest BCUT2D eigenvalue weighted by Gasteiger charge is 2.19. The average Bonchev–Trinajstić information content (AvgIpc) is 2.80. The summed E-state index contributed by atoms with van der Waals surface area (Å²) in [6.07, 6.45) is 1.64. The summed E-state index contributed by atoms with van der Waals surface area (Å²) in [5.74, 6) is 0. The number of hydrogen-bond donors (Lipinski definition) is 2. The number of sulfonamides is 1. The number of nitrogens with one attached hydrogen (secondary N) is 1. The van der Waals surface area contributed by atoms with Gasteiger partial charge in [-0.25, -0.2) is 13.1 Å². The highest BCUT2D eigenvalue weighted by Crippen LogP contribution is 2.25. The number of hydrogen-bond acceptors (Lipinski definition) is 5. The molecule has 0 spiro atoms. The molecular formula is C13H16N2O3S2. The van der Waals surface area contributed by atoms with Gasteiger partial charge in [-0.3, -0.25) is 4.98 Å². The van der Waals surface area contributed by atoms with Crippen LogP contribution in [0.25, 0.3) is 0 Å². The van der Waals surface area contributed by atoms with Crippen LogP contribution in [0.5, 0.6) is 0 Å². The Kier molecular flexibility index (Phi) is 4.54. The molecule has 2 heterocycles. The minimum atomic E-state index is -3.59. The maximum atomic E-state index is 12.3. The van der Waals surface area contributed by atoms with Gasteiger partial charge >= 0.3 is 0 Å². The zero-order valence-corrected chi connectivity index (χ0v) is 12.9. The number of thiophene rings is 1. The molecule has 2 N–H and O–H groups in total. The Morgan fingerprint density at radius 1 is 1.40 bits per heavy atom. The molecule has 0 bridgehead atoms. The molecule has 108 valence electrons. The van der Waals surface area contributed by atoms with Crippen molar-refractivity contribution in [3.8, 4) is 0 Å². The lowest BCUT2D eigenvalue weighted by atomic mass is 10.2. The third-order valence-electron chi connectivity index (χ3n) is 2.92. The summed E-state index contributed by atoms with van der Waals surface area (Å²) in [4.78, 5) is 5.68. The molecule has 7 heteroatoms. The number of aliphatic hydroxyl groups is 1. The first-order valence-corrected chi connectivity index (χ1v) is 8.34. The first-order chi connectivity index (χ1) is 9.44. The van der Waals surface area contributed by atoms with Gasteiger partial charge in [0.1, 0.15) is 0 Å². The van der Waals surface area contributed by atoms with E-state index in [0.29, 0.717) is 15.4 Å². The largest absolute Gasteiger partial charge is 0.391 e. The second kappa shape index (κ2) is 6.01. The molecule has 0 aliphatic rings. The van der Waals surface area contributed by atoms with Crippen molar-refractivity contribution in [3.63, 3.8) is 0 Å². The van der Waals surface area contributed by atoms with Crippen LogP contribution in [-0.4, -0.2) is 18.5 Å². The van der Waals surface area contributed by atoms with E-state index in [2.05, 4.69) is 9.71 Å². The van der Waals surface area contributed by atoms with Gasteiger partial charge < -0.3 is 5.11 Å². The van der Waals surface area contributed by atoms with Crippen molar-refractivity contribution in [1.82, 2.24) is 9.71 Å². The smallest absolute Gasteiger partial charge is 0.242 e. The SMILES string of the molecule is Cc1cccnc1CNS(=O)(=O)c1cc(CO)sc1C. The standard InChI is InChI=1S/C13H16N2O3S2/c1-9-4-3-5-14-12(9)7-15-20(17,18)13-6-11(8-16)19-10(13)2/h3-6,15-16H,7-8H2,1-2H3. The summed E-state index contributed by atoms with van der Waals surface area (Å²) in [5.41, 5.74) is 1.64. The molecule has 2 rings (SSSR count). The van der Waals surface area contributed by atoms with E-state index in [9.17, 15) is 8.42 Å². The van der Waals surface area contributed by atoms with Gasteiger partial charge in [0, 0.05) is 16.0 Å². The molecular weight excluding hydrogens is 296 g/mol. The molecule has 0 radical (unpaired) electrons. The highest BCUT2D eigenvalue weighted by molar-refractivity contribution is 7.89. The monoisotopic (exact) mass is 312 g/mol. The Labute approximate surface area is 122 Å². The van der Waals surface area contributed by atoms with Crippen molar-refractivity contribution in [2.45, 2.75) is 31.9 Å². The van der Waals surface area contributed by atoms with E-state index in [1.54, 1.807) is 13.1 Å². The fraction of sp³-hybridized carbons (Fsp3) is 0.308. The van der Waals surface area contributed by atoms with Crippen LogP contribution >= 0.6 is 11.3 Å². The van der Waals surface area contributed by atoms with Gasteiger partial charge in [0.25, 0.3) is 0 Å². The Balaban J connectivity index is 2.19. The number of nitrogens with zero attached hydrogens (tertiary/aromatic N) is 1. The van der Waals surface area contributed by atoms with Crippen LogP contribution in [0.15, 0.2) is 29.3 Å². The fourth-order valence-electron chi connectivity index (χ4n) is 1.81. The second-order valence-corrected chi connectivity index (χ2v) is 7.46. The van der Waals surface area contributed by atoms with Crippen molar-refractivity contribution < 1.29 is 13.5 Å². The first kappa shape index (κ1) is 15.1. The predicted octanol–water partition coefficient (Wildman–Crippen LogP) is 1.73. The number of aliphatic hydroxyl groups excluding tert-OH is 1. The van der Waals surface area contributed by atoms with Gasteiger partial charge in [-0.15, -0.1) is 11.3 Å². The van der Waals surface area contributed by atoms with E-state index in [4.69, 9.17) is 5.11 Å². The summed E-state index contributed by atoms with van der Waals surface area (Å²) in [5, 5.41) is 9.07. The summed E-state index contributed by atoms with van der Waals surface area (Å²) in [6.45, 7) is 3.61. The van der Waals surface area contributed by atoms with Crippen molar-refractivity contribution in [1.29, 1.82) is 0 Å². The van der Waals surface area contributed by atoms with Crippen molar-refractivity contribution in [2.75, 3.05) is 0 Å². The van der Waals surface area contributed by atoms with Crippen LogP contribution in [0.1, 0.15) is 21.0 Å². The molecule has 0 aliphatic carbocycles. The van der Waals surface area contributed by atoms with Crippen molar-refractivity contribution >= 4 is 21.4 Å². The molecule has 5 nitrogen and oxygen atoms in total. The Hall–Kier alpha value is -1.28. The Morgan fingerprint density at radius 2 is 2.15 bits per heavy atom. The van der Waals surface area contributed by atoms with E-state index in [1.807, 2.05) is 19.1 Å². The summed E-state index contributed by atoms with van der Waals surface area (Å²) < 4.78 is 27.1. The van der Waals surface area contributed by atoms with E-state index >= 15 is 0 Å². The molecule has 2 aromatic heterocycles. The lowest BCUT2D eigenvalue weighted by Gasteiger charge is -2.07. The molecule has 20 heavy (non-hydrogen) atoms. The molecule has 2 aromatic rings. The van der Waals surface area contributed by atoms with Gasteiger partial charge in [-0.1, -0.05) is 6.07 Å². The molecule has 0 saturated heterocycles. The van der Waals surface area contributed by atoms with Crippen LogP contribution in [0.4, 0.5) is 0 Å². The molecule has 0 atom stereocenters. The van der Waals surface area contributed by atoms with Crippen LogP contribution < -0.4 is 4.72 Å². The fourth-order valence-corrected chi connectivity index (χ4v) is 4.29. The predicted molar refractivity (Wildman–Crippen MR) is 78.0 cm³/mol. The molecule has 0 aromatic carbocycles. The average molecular weight is 312 g/mol. The highest BCUT2D eigenvalue weighted by atomic mass is 32.2. The Bertz CT molecular complexity index is 708. The normalized spacial score (nSPS) is 11.8. The zero-order chi connectivity index (χ0) is 14.8. The number of rotatable bonds is 5.